The summed E-state index contributed by atoms with van der Waals surface area (Å²) in [6.07, 6.45) is 5.47. The van der Waals surface area contributed by atoms with E-state index in [0.29, 0.717) is 11.6 Å². The Balaban J connectivity index is 1.71. The number of aromatic nitrogens is 4. The van der Waals surface area contributed by atoms with E-state index in [9.17, 15) is 0 Å². The van der Waals surface area contributed by atoms with E-state index in [1.807, 2.05) is 66.7 Å². The monoisotopic (exact) mass is 333 g/mol. The van der Waals surface area contributed by atoms with Crippen LogP contribution >= 0.6 is 11.6 Å². The smallest absolute Gasteiger partial charge is 0.232 e. The second-order valence-electron chi connectivity index (χ2n) is 5.10. The number of benzene rings is 2. The fourth-order valence-corrected chi connectivity index (χ4v) is 2.69. The zero-order valence-electron chi connectivity index (χ0n) is 12.5. The van der Waals surface area contributed by atoms with Gasteiger partial charge >= 0.3 is 0 Å². The number of aliphatic imine (C=N–C) groups is 1. The topological polar surface area (TPSA) is 55.4 Å². The average molecular weight is 334 g/mol. The molecule has 24 heavy (non-hydrogen) atoms. The second-order valence-corrected chi connectivity index (χ2v) is 5.44. The molecule has 5 nitrogen and oxygen atoms in total. The van der Waals surface area contributed by atoms with E-state index >= 15 is 0 Å². The van der Waals surface area contributed by atoms with Crippen molar-refractivity contribution in [3.05, 3.63) is 71.5 Å². The molecule has 2 aromatic carbocycles. The van der Waals surface area contributed by atoms with E-state index in [1.165, 1.54) is 0 Å². The van der Waals surface area contributed by atoms with Crippen molar-refractivity contribution in [1.29, 1.82) is 0 Å². The Kier molecular flexibility index (Phi) is 3.76. The number of hydrogen-bond donors (Lipinski definition) is 0. The Morgan fingerprint density at radius 1 is 0.958 bits per heavy atom. The molecule has 0 spiro atoms. The highest BCUT2D eigenvalue weighted by molar-refractivity contribution is 6.29. The van der Waals surface area contributed by atoms with E-state index < -0.39 is 0 Å². The van der Waals surface area contributed by atoms with Gasteiger partial charge in [-0.05, 0) is 35.4 Å². The molecule has 0 aliphatic heterocycles. The summed E-state index contributed by atoms with van der Waals surface area (Å²) in [6.45, 7) is 0. The minimum atomic E-state index is 0.285. The molecule has 0 radical (unpaired) electrons. The van der Waals surface area contributed by atoms with Crippen LogP contribution in [0.1, 0.15) is 5.56 Å². The molecule has 0 unspecified atom stereocenters. The molecule has 2 heterocycles. The van der Waals surface area contributed by atoms with E-state index in [4.69, 9.17) is 11.6 Å². The Morgan fingerprint density at radius 2 is 1.75 bits per heavy atom. The molecule has 4 rings (SSSR count). The van der Waals surface area contributed by atoms with Crippen LogP contribution in [-0.4, -0.2) is 25.8 Å². The molecule has 0 N–H and O–H groups in total. The number of para-hydroxylation sites is 1. The summed E-state index contributed by atoms with van der Waals surface area (Å²) in [6, 6.07) is 17.6. The molecular formula is C18H12ClN5. The largest absolute Gasteiger partial charge is 0.257 e. The third-order valence-electron chi connectivity index (χ3n) is 3.55. The maximum atomic E-state index is 6.27. The van der Waals surface area contributed by atoms with Crippen LogP contribution in [0, 0.1) is 0 Å². The molecule has 0 aliphatic carbocycles. The van der Waals surface area contributed by atoms with Gasteiger partial charge in [0.2, 0.25) is 5.28 Å². The first kappa shape index (κ1) is 14.5. The predicted molar refractivity (Wildman–Crippen MR) is 96.9 cm³/mol. The first-order valence-electron chi connectivity index (χ1n) is 7.38. The molecule has 0 bridgehead atoms. The maximum Gasteiger partial charge on any atom is 0.257 e. The van der Waals surface area contributed by atoms with Crippen LogP contribution in [0.2, 0.25) is 5.28 Å². The second kappa shape index (κ2) is 6.22. The lowest BCUT2D eigenvalue weighted by Crippen LogP contribution is -1.92. The van der Waals surface area contributed by atoms with E-state index in [-0.39, 0.29) is 5.28 Å². The van der Waals surface area contributed by atoms with Gasteiger partial charge in [-0.15, -0.1) is 10.2 Å². The predicted octanol–water partition coefficient (Wildman–Crippen LogP) is 4.35. The Bertz CT molecular complexity index is 1070. The van der Waals surface area contributed by atoms with Gasteiger partial charge in [-0.25, -0.2) is 14.4 Å². The molecule has 4 aromatic rings. The highest BCUT2D eigenvalue weighted by Gasteiger charge is 2.12. The fourth-order valence-electron chi connectivity index (χ4n) is 2.44. The van der Waals surface area contributed by atoms with Crippen LogP contribution in [0.15, 0.2) is 65.7 Å². The van der Waals surface area contributed by atoms with Crippen molar-refractivity contribution in [3.8, 4) is 0 Å². The van der Waals surface area contributed by atoms with Crippen molar-refractivity contribution in [2.24, 2.45) is 4.99 Å². The van der Waals surface area contributed by atoms with Gasteiger partial charge in [0.05, 0.1) is 5.52 Å². The molecule has 0 atom stereocenters. The maximum absolute atomic E-state index is 6.27. The van der Waals surface area contributed by atoms with Crippen molar-refractivity contribution in [2.45, 2.75) is 0 Å². The van der Waals surface area contributed by atoms with E-state index in [1.54, 1.807) is 10.6 Å². The van der Waals surface area contributed by atoms with Gasteiger partial charge in [0.15, 0.2) is 5.65 Å². The van der Waals surface area contributed by atoms with Gasteiger partial charge in [0.25, 0.3) is 5.95 Å². The summed E-state index contributed by atoms with van der Waals surface area (Å²) in [5.41, 5.74) is 2.52. The molecule has 116 valence electrons. The van der Waals surface area contributed by atoms with Crippen LogP contribution in [0.3, 0.4) is 0 Å². The van der Waals surface area contributed by atoms with Crippen LogP contribution in [0.5, 0.6) is 0 Å². The standard InChI is InChI=1S/C18H12ClN5/c19-17-21-15-11-5-4-10-14(15)16-22-23-18(24(16)17)20-12-6-9-13-7-2-1-3-8-13/h1-12H/b9-6+,20-12?. The Labute approximate surface area is 143 Å². The van der Waals surface area contributed by atoms with Gasteiger partial charge in [0, 0.05) is 11.6 Å². The van der Waals surface area contributed by atoms with Crippen molar-refractivity contribution < 1.29 is 0 Å². The first-order valence-corrected chi connectivity index (χ1v) is 7.76. The molecule has 6 heteroatoms. The molecular weight excluding hydrogens is 322 g/mol. The molecule has 0 saturated carbocycles. The third-order valence-corrected chi connectivity index (χ3v) is 3.81. The summed E-state index contributed by atoms with van der Waals surface area (Å²) in [5.74, 6) is 0.394. The number of fused-ring (bicyclic) bond motifs is 3. The number of hydrogen-bond acceptors (Lipinski definition) is 4. The minimum Gasteiger partial charge on any atom is -0.232 e. The van der Waals surface area contributed by atoms with Crippen molar-refractivity contribution >= 4 is 46.4 Å². The lowest BCUT2D eigenvalue weighted by Gasteiger charge is -2.01. The molecule has 0 saturated heterocycles. The van der Waals surface area contributed by atoms with Gasteiger partial charge in [-0.1, -0.05) is 48.5 Å². The zero-order chi connectivity index (χ0) is 16.4. The van der Waals surface area contributed by atoms with Gasteiger partial charge in [-0.3, -0.25) is 0 Å². The Hall–Kier alpha value is -3.05. The summed E-state index contributed by atoms with van der Waals surface area (Å²) < 4.78 is 1.64. The van der Waals surface area contributed by atoms with Gasteiger partial charge < -0.3 is 0 Å². The number of rotatable bonds is 3. The van der Waals surface area contributed by atoms with Crippen molar-refractivity contribution in [1.82, 2.24) is 19.6 Å². The molecule has 0 fully saturated rings. The van der Waals surface area contributed by atoms with Crippen LogP contribution < -0.4 is 0 Å². The Morgan fingerprint density at radius 3 is 2.62 bits per heavy atom. The summed E-state index contributed by atoms with van der Waals surface area (Å²) in [5, 5.41) is 9.47. The van der Waals surface area contributed by atoms with E-state index in [2.05, 4.69) is 20.2 Å². The zero-order valence-corrected chi connectivity index (χ0v) is 13.3. The van der Waals surface area contributed by atoms with Gasteiger partial charge in [-0.2, -0.15) is 0 Å². The van der Waals surface area contributed by atoms with Crippen LogP contribution in [-0.2, 0) is 0 Å². The third kappa shape index (κ3) is 2.66. The first-order chi connectivity index (χ1) is 11.8. The SMILES string of the molecule is Clc1nc2ccccc2c2nnc(N=C/C=C/c3ccccc3)n12. The number of allylic oxidation sites excluding steroid dienone is 1. The lowest BCUT2D eigenvalue weighted by atomic mass is 10.2. The van der Waals surface area contributed by atoms with Crippen LogP contribution in [0.25, 0.3) is 22.6 Å². The normalized spacial score (nSPS) is 12.0. The number of halogens is 1. The van der Waals surface area contributed by atoms with E-state index in [0.717, 1.165) is 16.5 Å². The lowest BCUT2D eigenvalue weighted by molar-refractivity contribution is 1.07. The van der Waals surface area contributed by atoms with Gasteiger partial charge in [0.1, 0.15) is 0 Å². The average Bonchev–Trinajstić information content (AvgIpc) is 3.05. The minimum absolute atomic E-state index is 0.285. The fraction of sp³-hybridized carbons (Fsp3) is 0. The summed E-state index contributed by atoms with van der Waals surface area (Å²) in [4.78, 5) is 8.70. The van der Waals surface area contributed by atoms with Crippen LogP contribution in [0.4, 0.5) is 5.95 Å². The summed E-state index contributed by atoms with van der Waals surface area (Å²) >= 11 is 6.27. The molecule has 0 aliphatic rings. The molecule has 0 amide bonds. The highest BCUT2D eigenvalue weighted by Crippen LogP contribution is 2.24. The quantitative estimate of drug-likeness (QED) is 0.414. The van der Waals surface area contributed by atoms with Crippen molar-refractivity contribution in [2.75, 3.05) is 0 Å². The summed E-state index contributed by atoms with van der Waals surface area (Å²) in [7, 11) is 0. The molecule has 2 aromatic heterocycles. The van der Waals surface area contributed by atoms with Crippen molar-refractivity contribution in [3.63, 3.8) is 0 Å². The highest BCUT2D eigenvalue weighted by atomic mass is 35.5. The number of nitrogens with zero attached hydrogens (tertiary/aromatic N) is 5.